The van der Waals surface area contributed by atoms with Gasteiger partial charge >= 0.3 is 11.9 Å². The van der Waals surface area contributed by atoms with Gasteiger partial charge in [0.25, 0.3) is 0 Å². The molecule has 2 atom stereocenters. The predicted octanol–water partition coefficient (Wildman–Crippen LogP) is 2.82. The standard InChI is InChI=1S/C14H26O4S5/c15-13(17-7-11(21)9-19)3-1-5-23-6-2-4-14(16)18-8-12(22)10-20/h11-12,19-22H,1-10H2. The summed E-state index contributed by atoms with van der Waals surface area (Å²) >= 11 is 18.3. The number of hydrogen-bond donors (Lipinski definition) is 4. The summed E-state index contributed by atoms with van der Waals surface area (Å²) in [6.45, 7) is 0.613. The summed E-state index contributed by atoms with van der Waals surface area (Å²) in [6.07, 6.45) is 2.37. The van der Waals surface area contributed by atoms with Crippen molar-refractivity contribution < 1.29 is 19.1 Å². The van der Waals surface area contributed by atoms with E-state index < -0.39 is 0 Å². The van der Waals surface area contributed by atoms with E-state index >= 15 is 0 Å². The third kappa shape index (κ3) is 15.9. The second kappa shape index (κ2) is 16.2. The molecule has 136 valence electrons. The van der Waals surface area contributed by atoms with Crippen LogP contribution in [0.4, 0.5) is 0 Å². The zero-order chi connectivity index (χ0) is 17.5. The van der Waals surface area contributed by atoms with Crippen LogP contribution in [0.15, 0.2) is 0 Å². The van der Waals surface area contributed by atoms with Crippen LogP contribution in [-0.2, 0) is 19.1 Å². The third-order valence-electron chi connectivity index (χ3n) is 2.63. The van der Waals surface area contributed by atoms with Crippen molar-refractivity contribution in [3.8, 4) is 0 Å². The number of hydrogen-bond acceptors (Lipinski definition) is 9. The smallest absolute Gasteiger partial charge is 0.305 e. The third-order valence-corrected chi connectivity index (χ3v) is 5.91. The fourth-order valence-corrected chi connectivity index (χ4v) is 2.63. The molecule has 0 aliphatic rings. The molecule has 0 aromatic heterocycles. The van der Waals surface area contributed by atoms with Crippen molar-refractivity contribution in [2.24, 2.45) is 0 Å². The molecule has 0 aromatic rings. The maximum absolute atomic E-state index is 11.4. The van der Waals surface area contributed by atoms with E-state index in [1.54, 1.807) is 11.8 Å². The Kier molecular flexibility index (Phi) is 16.7. The molecule has 23 heavy (non-hydrogen) atoms. The SMILES string of the molecule is O=C(CCCSCCCC(=O)OCC(S)CS)OCC(S)CS. The molecule has 0 heterocycles. The Balaban J connectivity index is 3.39. The number of rotatable bonds is 14. The van der Waals surface area contributed by atoms with E-state index in [1.807, 2.05) is 0 Å². The number of carbonyl (C=O) groups excluding carboxylic acids is 2. The van der Waals surface area contributed by atoms with E-state index in [-0.39, 0.29) is 22.4 Å². The number of thioether (sulfide) groups is 1. The summed E-state index contributed by atoms with van der Waals surface area (Å²) in [5.41, 5.74) is 0. The molecule has 4 nitrogen and oxygen atoms in total. The van der Waals surface area contributed by atoms with Crippen molar-refractivity contribution in [2.45, 2.75) is 36.2 Å². The highest BCUT2D eigenvalue weighted by Crippen LogP contribution is 2.10. The topological polar surface area (TPSA) is 52.6 Å². The van der Waals surface area contributed by atoms with Crippen molar-refractivity contribution >= 4 is 74.2 Å². The molecule has 0 rings (SSSR count). The molecule has 0 saturated carbocycles. The average Bonchev–Trinajstić information content (AvgIpc) is 2.56. The van der Waals surface area contributed by atoms with Crippen LogP contribution in [0, 0.1) is 0 Å². The van der Waals surface area contributed by atoms with Gasteiger partial charge in [-0.1, -0.05) is 0 Å². The van der Waals surface area contributed by atoms with Crippen molar-refractivity contribution in [1.29, 1.82) is 0 Å². The summed E-state index contributed by atoms with van der Waals surface area (Å²) in [5.74, 6) is 2.52. The molecule has 9 heteroatoms. The first kappa shape index (κ1) is 23.7. The average molecular weight is 419 g/mol. The first-order chi connectivity index (χ1) is 11.0. The van der Waals surface area contributed by atoms with Crippen LogP contribution in [0.5, 0.6) is 0 Å². The van der Waals surface area contributed by atoms with E-state index in [4.69, 9.17) is 9.47 Å². The molecular formula is C14H26O4S5. The minimum absolute atomic E-state index is 0.0120. The second-order valence-corrected chi connectivity index (χ2v) is 8.27. The van der Waals surface area contributed by atoms with Crippen molar-refractivity contribution in [3.05, 3.63) is 0 Å². The molecule has 0 N–H and O–H groups in total. The minimum Gasteiger partial charge on any atom is -0.464 e. The number of carbonyl (C=O) groups is 2. The molecule has 0 spiro atoms. The van der Waals surface area contributed by atoms with E-state index in [9.17, 15) is 9.59 Å². The van der Waals surface area contributed by atoms with Crippen molar-refractivity contribution in [1.82, 2.24) is 0 Å². The molecule has 0 bridgehead atoms. The lowest BCUT2D eigenvalue weighted by molar-refractivity contribution is -0.144. The molecule has 0 fully saturated rings. The summed E-state index contributed by atoms with van der Waals surface area (Å²) < 4.78 is 10.1. The highest BCUT2D eigenvalue weighted by atomic mass is 32.2. The lowest BCUT2D eigenvalue weighted by atomic mass is 10.3. The van der Waals surface area contributed by atoms with Crippen LogP contribution in [-0.4, -0.2) is 58.7 Å². The maximum atomic E-state index is 11.4. The van der Waals surface area contributed by atoms with Gasteiger partial charge in [0.15, 0.2) is 0 Å². The Hall–Kier alpha value is 0.690. The van der Waals surface area contributed by atoms with Gasteiger partial charge in [0, 0.05) is 34.8 Å². The minimum atomic E-state index is -0.194. The highest BCUT2D eigenvalue weighted by molar-refractivity contribution is 7.99. The molecule has 0 radical (unpaired) electrons. The van der Waals surface area contributed by atoms with Gasteiger partial charge in [-0.2, -0.15) is 62.3 Å². The first-order valence-corrected chi connectivity index (χ1v) is 10.9. The van der Waals surface area contributed by atoms with Gasteiger partial charge in [0.05, 0.1) is 0 Å². The quantitative estimate of drug-likeness (QED) is 0.199. The second-order valence-electron chi connectivity index (χ2n) is 4.86. The zero-order valence-electron chi connectivity index (χ0n) is 13.1. The van der Waals surface area contributed by atoms with Crippen LogP contribution >= 0.6 is 62.3 Å². The molecular weight excluding hydrogens is 392 g/mol. The Labute approximate surface area is 165 Å². The van der Waals surface area contributed by atoms with Crippen LogP contribution in [0.2, 0.25) is 0 Å². The van der Waals surface area contributed by atoms with Crippen LogP contribution in [0.25, 0.3) is 0 Å². The van der Waals surface area contributed by atoms with Crippen LogP contribution in [0.3, 0.4) is 0 Å². The molecule has 0 aliphatic carbocycles. The Morgan fingerprint density at radius 1 is 0.826 bits per heavy atom. The van der Waals surface area contributed by atoms with Gasteiger partial charge < -0.3 is 9.47 Å². The Morgan fingerprint density at radius 3 is 1.57 bits per heavy atom. The lowest BCUT2D eigenvalue weighted by Gasteiger charge is -2.09. The molecule has 0 saturated heterocycles. The van der Waals surface area contributed by atoms with E-state index in [1.165, 1.54) is 0 Å². The normalized spacial score (nSPS) is 13.4. The van der Waals surface area contributed by atoms with Crippen LogP contribution < -0.4 is 0 Å². The molecule has 0 amide bonds. The Morgan fingerprint density at radius 2 is 1.22 bits per heavy atom. The molecule has 2 unspecified atom stereocenters. The summed E-state index contributed by atoms with van der Waals surface area (Å²) in [4.78, 5) is 22.9. The van der Waals surface area contributed by atoms with E-state index in [2.05, 4.69) is 50.5 Å². The summed E-state index contributed by atoms with van der Waals surface area (Å²) in [7, 11) is 0. The van der Waals surface area contributed by atoms with Gasteiger partial charge in [-0.25, -0.2) is 0 Å². The highest BCUT2D eigenvalue weighted by Gasteiger charge is 2.08. The largest absolute Gasteiger partial charge is 0.464 e. The number of esters is 2. The van der Waals surface area contributed by atoms with E-state index in [0.717, 1.165) is 24.3 Å². The lowest BCUT2D eigenvalue weighted by Crippen LogP contribution is -2.15. The number of thiol groups is 4. The van der Waals surface area contributed by atoms with Crippen molar-refractivity contribution in [2.75, 3.05) is 36.2 Å². The van der Waals surface area contributed by atoms with Gasteiger partial charge in [0.2, 0.25) is 0 Å². The summed E-state index contributed by atoms with van der Waals surface area (Å²) in [6, 6.07) is 0. The fourth-order valence-electron chi connectivity index (χ4n) is 1.37. The molecule has 0 aromatic carbocycles. The zero-order valence-corrected chi connectivity index (χ0v) is 17.5. The fraction of sp³-hybridized carbons (Fsp3) is 0.857. The summed E-state index contributed by atoms with van der Waals surface area (Å²) in [5, 5.41) is -0.0241. The monoisotopic (exact) mass is 418 g/mol. The predicted molar refractivity (Wildman–Crippen MR) is 111 cm³/mol. The maximum Gasteiger partial charge on any atom is 0.305 e. The van der Waals surface area contributed by atoms with Gasteiger partial charge in [0.1, 0.15) is 13.2 Å². The Bertz CT molecular complexity index is 300. The number of ether oxygens (including phenoxy) is 2. The van der Waals surface area contributed by atoms with Crippen LogP contribution in [0.1, 0.15) is 25.7 Å². The first-order valence-electron chi connectivity index (χ1n) is 7.46. The van der Waals surface area contributed by atoms with Gasteiger partial charge in [-0.3, -0.25) is 9.59 Å². The van der Waals surface area contributed by atoms with E-state index in [0.29, 0.717) is 37.6 Å². The van der Waals surface area contributed by atoms with Crippen molar-refractivity contribution in [3.63, 3.8) is 0 Å². The molecule has 0 aliphatic heterocycles. The van der Waals surface area contributed by atoms with Gasteiger partial charge in [-0.15, -0.1) is 0 Å². The van der Waals surface area contributed by atoms with Gasteiger partial charge in [-0.05, 0) is 24.3 Å².